The van der Waals surface area contributed by atoms with Gasteiger partial charge in [0.1, 0.15) is 5.75 Å². The standard InChI is InChI=1S/C21H16BrCl2N5O2/c22-14-4-6-16(7-5-14)31-13-28-9-8-20(27-28)21(30)26-15-10-25-29(11-15)12-17-18(23)2-1-3-19(17)24/h1-11H,12-13H2,(H,26,30). The number of benzene rings is 2. The number of rotatable bonds is 7. The molecule has 10 heteroatoms. The monoisotopic (exact) mass is 519 g/mol. The van der Waals surface area contributed by atoms with Crippen LogP contribution in [0.1, 0.15) is 16.1 Å². The number of nitrogens with one attached hydrogen (secondary N) is 1. The summed E-state index contributed by atoms with van der Waals surface area (Å²) in [6.45, 7) is 0.571. The Hall–Kier alpha value is -2.81. The van der Waals surface area contributed by atoms with Crippen molar-refractivity contribution in [2.75, 3.05) is 5.32 Å². The van der Waals surface area contributed by atoms with Crippen molar-refractivity contribution in [2.45, 2.75) is 13.3 Å². The molecule has 0 atom stereocenters. The lowest BCUT2D eigenvalue weighted by molar-refractivity contribution is 0.102. The summed E-state index contributed by atoms with van der Waals surface area (Å²) in [6.07, 6.45) is 4.93. The van der Waals surface area contributed by atoms with Crippen LogP contribution in [0.25, 0.3) is 0 Å². The number of halogens is 3. The molecule has 2 aromatic heterocycles. The van der Waals surface area contributed by atoms with Crippen molar-refractivity contribution in [3.63, 3.8) is 0 Å². The highest BCUT2D eigenvalue weighted by Crippen LogP contribution is 2.25. The van der Waals surface area contributed by atoms with Gasteiger partial charge < -0.3 is 10.1 Å². The minimum Gasteiger partial charge on any atom is -0.471 e. The van der Waals surface area contributed by atoms with Crippen LogP contribution in [0.5, 0.6) is 5.75 Å². The maximum absolute atomic E-state index is 12.5. The van der Waals surface area contributed by atoms with Gasteiger partial charge in [-0.1, -0.05) is 45.2 Å². The van der Waals surface area contributed by atoms with Gasteiger partial charge in [0.25, 0.3) is 5.91 Å². The van der Waals surface area contributed by atoms with E-state index >= 15 is 0 Å². The first-order valence-corrected chi connectivity index (χ1v) is 10.7. The number of carbonyl (C=O) groups is 1. The molecule has 0 bridgehead atoms. The molecule has 4 aromatic rings. The molecule has 0 saturated heterocycles. The number of hydrogen-bond donors (Lipinski definition) is 1. The van der Waals surface area contributed by atoms with Gasteiger partial charge in [0, 0.05) is 32.5 Å². The van der Waals surface area contributed by atoms with Crippen LogP contribution in [-0.4, -0.2) is 25.5 Å². The van der Waals surface area contributed by atoms with Gasteiger partial charge in [-0.05, 0) is 42.5 Å². The van der Waals surface area contributed by atoms with E-state index in [2.05, 4.69) is 31.4 Å². The zero-order valence-electron chi connectivity index (χ0n) is 16.0. The quantitative estimate of drug-likeness (QED) is 0.350. The number of amides is 1. The summed E-state index contributed by atoms with van der Waals surface area (Å²) in [5.74, 6) is 0.355. The molecule has 7 nitrogen and oxygen atoms in total. The Kier molecular flexibility index (Phi) is 6.60. The van der Waals surface area contributed by atoms with Gasteiger partial charge in [-0.2, -0.15) is 10.2 Å². The molecule has 0 saturated carbocycles. The summed E-state index contributed by atoms with van der Waals surface area (Å²) in [7, 11) is 0. The van der Waals surface area contributed by atoms with Gasteiger partial charge in [0.15, 0.2) is 12.4 Å². The van der Waals surface area contributed by atoms with Crippen molar-refractivity contribution in [3.8, 4) is 5.75 Å². The molecular weight excluding hydrogens is 505 g/mol. The molecule has 0 spiro atoms. The molecule has 0 aliphatic carbocycles. The van der Waals surface area contributed by atoms with Crippen LogP contribution in [0.3, 0.4) is 0 Å². The lowest BCUT2D eigenvalue weighted by Crippen LogP contribution is -2.14. The van der Waals surface area contributed by atoms with Gasteiger partial charge in [-0.3, -0.25) is 9.48 Å². The van der Waals surface area contributed by atoms with Crippen LogP contribution < -0.4 is 10.1 Å². The minimum absolute atomic E-state index is 0.186. The normalized spacial score (nSPS) is 10.8. The predicted molar refractivity (Wildman–Crippen MR) is 123 cm³/mol. The summed E-state index contributed by atoms with van der Waals surface area (Å²) in [6, 6.07) is 14.4. The van der Waals surface area contributed by atoms with Gasteiger partial charge >= 0.3 is 0 Å². The summed E-state index contributed by atoms with van der Waals surface area (Å²) >= 11 is 15.8. The number of hydrogen-bond acceptors (Lipinski definition) is 4. The fraction of sp³-hybridized carbons (Fsp3) is 0.0952. The van der Waals surface area contributed by atoms with Gasteiger partial charge in [-0.15, -0.1) is 0 Å². The number of anilines is 1. The fourth-order valence-corrected chi connectivity index (χ4v) is 3.56. The molecule has 0 aliphatic rings. The molecule has 0 unspecified atom stereocenters. The van der Waals surface area contributed by atoms with Crippen molar-refractivity contribution in [3.05, 3.63) is 92.9 Å². The summed E-state index contributed by atoms with van der Waals surface area (Å²) in [5.41, 5.74) is 1.56. The number of nitrogens with zero attached hydrogens (tertiary/aromatic N) is 4. The van der Waals surface area contributed by atoms with Crippen molar-refractivity contribution in [1.29, 1.82) is 0 Å². The third-order valence-electron chi connectivity index (χ3n) is 4.32. The second-order valence-electron chi connectivity index (χ2n) is 6.55. The van der Waals surface area contributed by atoms with E-state index in [1.165, 1.54) is 0 Å². The molecule has 0 aliphatic heterocycles. The van der Waals surface area contributed by atoms with Crippen LogP contribution in [0.4, 0.5) is 5.69 Å². The molecule has 31 heavy (non-hydrogen) atoms. The second kappa shape index (κ2) is 9.55. The van der Waals surface area contributed by atoms with Crippen LogP contribution in [-0.2, 0) is 13.3 Å². The average Bonchev–Trinajstić information content (AvgIpc) is 3.40. The zero-order chi connectivity index (χ0) is 21.8. The largest absolute Gasteiger partial charge is 0.471 e. The molecule has 4 rings (SSSR count). The zero-order valence-corrected chi connectivity index (χ0v) is 19.1. The Morgan fingerprint density at radius 1 is 1.06 bits per heavy atom. The lowest BCUT2D eigenvalue weighted by Gasteiger charge is -2.06. The third kappa shape index (κ3) is 5.46. The summed E-state index contributed by atoms with van der Waals surface area (Å²) < 4.78 is 9.81. The highest BCUT2D eigenvalue weighted by molar-refractivity contribution is 9.10. The van der Waals surface area contributed by atoms with Crippen molar-refractivity contribution in [2.24, 2.45) is 0 Å². The van der Waals surface area contributed by atoms with E-state index in [1.807, 2.05) is 24.3 Å². The number of ether oxygens (including phenoxy) is 1. The Morgan fingerprint density at radius 3 is 2.55 bits per heavy atom. The van der Waals surface area contributed by atoms with E-state index < -0.39 is 0 Å². The number of carbonyl (C=O) groups excluding carboxylic acids is 1. The first-order valence-electron chi connectivity index (χ1n) is 9.16. The second-order valence-corrected chi connectivity index (χ2v) is 8.28. The molecule has 1 N–H and O–H groups in total. The van der Waals surface area contributed by atoms with Crippen LogP contribution >= 0.6 is 39.1 Å². The van der Waals surface area contributed by atoms with Gasteiger partial charge in [0.2, 0.25) is 0 Å². The number of aromatic nitrogens is 4. The SMILES string of the molecule is O=C(Nc1cnn(Cc2c(Cl)cccc2Cl)c1)c1ccn(COc2ccc(Br)cc2)n1. The Bertz CT molecular complexity index is 1190. The Morgan fingerprint density at radius 2 is 1.81 bits per heavy atom. The molecule has 2 heterocycles. The van der Waals surface area contributed by atoms with Gasteiger partial charge in [-0.25, -0.2) is 4.68 Å². The fourth-order valence-electron chi connectivity index (χ4n) is 2.78. The summed E-state index contributed by atoms with van der Waals surface area (Å²) in [4.78, 5) is 12.5. The van der Waals surface area contributed by atoms with E-state index in [0.717, 1.165) is 10.0 Å². The van der Waals surface area contributed by atoms with E-state index in [1.54, 1.807) is 52.2 Å². The lowest BCUT2D eigenvalue weighted by atomic mass is 10.2. The topological polar surface area (TPSA) is 74.0 Å². The van der Waals surface area contributed by atoms with Crippen LogP contribution in [0, 0.1) is 0 Å². The Labute approximate surface area is 196 Å². The van der Waals surface area contributed by atoms with E-state index in [9.17, 15) is 4.79 Å². The van der Waals surface area contributed by atoms with Crippen molar-refractivity contribution >= 4 is 50.7 Å². The molecule has 0 fully saturated rings. The predicted octanol–water partition coefficient (Wildman–Crippen LogP) is 5.49. The molecule has 1 amide bonds. The Balaban J connectivity index is 1.35. The van der Waals surface area contributed by atoms with Crippen molar-refractivity contribution < 1.29 is 9.53 Å². The average molecular weight is 521 g/mol. The molecular formula is C21H16BrCl2N5O2. The first-order chi connectivity index (χ1) is 15.0. The van der Waals surface area contributed by atoms with Crippen molar-refractivity contribution in [1.82, 2.24) is 19.6 Å². The van der Waals surface area contributed by atoms with Crippen LogP contribution in [0.2, 0.25) is 10.0 Å². The smallest absolute Gasteiger partial charge is 0.276 e. The molecule has 0 radical (unpaired) electrons. The summed E-state index contributed by atoms with van der Waals surface area (Å²) in [5, 5.41) is 12.4. The van der Waals surface area contributed by atoms with E-state index in [-0.39, 0.29) is 18.3 Å². The van der Waals surface area contributed by atoms with E-state index in [0.29, 0.717) is 28.0 Å². The highest BCUT2D eigenvalue weighted by atomic mass is 79.9. The minimum atomic E-state index is -0.349. The first kappa shape index (κ1) is 21.4. The maximum Gasteiger partial charge on any atom is 0.276 e. The third-order valence-corrected chi connectivity index (χ3v) is 5.56. The maximum atomic E-state index is 12.5. The highest BCUT2D eigenvalue weighted by Gasteiger charge is 2.12. The van der Waals surface area contributed by atoms with E-state index in [4.69, 9.17) is 27.9 Å². The molecule has 158 valence electrons. The van der Waals surface area contributed by atoms with Crippen LogP contribution in [0.15, 0.2) is 71.6 Å². The van der Waals surface area contributed by atoms with Gasteiger partial charge in [0.05, 0.1) is 18.4 Å². The molecule has 2 aromatic carbocycles.